The van der Waals surface area contributed by atoms with E-state index in [2.05, 4.69) is 6.08 Å². The molecule has 1 N–H and O–H groups in total. The van der Waals surface area contributed by atoms with Gasteiger partial charge in [-0.15, -0.1) is 0 Å². The van der Waals surface area contributed by atoms with Crippen molar-refractivity contribution in [3.8, 4) is 0 Å². The molecule has 0 aromatic heterocycles. The first-order valence-electron chi connectivity index (χ1n) is 5.80. The van der Waals surface area contributed by atoms with E-state index >= 15 is 0 Å². The molecule has 0 fully saturated rings. The first-order valence-corrected chi connectivity index (χ1v) is 5.80. The van der Waals surface area contributed by atoms with Crippen LogP contribution in [0, 0.1) is 6.08 Å². The summed E-state index contributed by atoms with van der Waals surface area (Å²) in [5.74, 6) is -2.29. The van der Waals surface area contributed by atoms with Crippen LogP contribution >= 0.6 is 0 Å². The Kier molecular flexibility index (Phi) is 9.58. The van der Waals surface area contributed by atoms with Gasteiger partial charge in [0, 0.05) is 11.6 Å². The van der Waals surface area contributed by atoms with Gasteiger partial charge in [-0.3, -0.25) is 9.59 Å². The molecule has 22 heavy (non-hydrogen) atoms. The molecule has 0 saturated carbocycles. The van der Waals surface area contributed by atoms with Crippen molar-refractivity contribution in [3.05, 3.63) is 71.8 Å². The predicted molar refractivity (Wildman–Crippen MR) is 74.5 cm³/mol. The van der Waals surface area contributed by atoms with Crippen LogP contribution in [0.3, 0.4) is 0 Å². The van der Waals surface area contributed by atoms with Crippen molar-refractivity contribution < 1.29 is 29.1 Å². The van der Waals surface area contributed by atoms with Crippen molar-refractivity contribution in [3.63, 3.8) is 0 Å². The summed E-state index contributed by atoms with van der Waals surface area (Å²) in [4.78, 5) is 47.1. The standard InChI is InChI=1S/C8H6O3.C7H5O.CO2/c9-7(8(10)11)6-4-2-1-3-5-6;8-6-7-4-2-1-3-5-7;2-1-3/h1-5H,(H,10,11);2-6H;/q;+1;. The fraction of sp³-hybridized carbons (Fsp3) is 0. The highest BCUT2D eigenvalue weighted by molar-refractivity contribution is 6.39. The minimum Gasteiger partial charge on any atom is -0.475 e. The van der Waals surface area contributed by atoms with Gasteiger partial charge >= 0.3 is 12.1 Å². The Balaban J connectivity index is 0.000000352. The molecule has 6 nitrogen and oxygen atoms in total. The number of allylic oxidation sites excluding steroid dienone is 6. The van der Waals surface area contributed by atoms with E-state index < -0.39 is 11.8 Å². The number of carboxylic acids is 1. The molecule has 1 aromatic carbocycles. The van der Waals surface area contributed by atoms with E-state index in [1.807, 2.05) is 0 Å². The van der Waals surface area contributed by atoms with Gasteiger partial charge in [0.05, 0.1) is 12.2 Å². The van der Waals surface area contributed by atoms with Gasteiger partial charge in [0.25, 0.3) is 5.78 Å². The third kappa shape index (κ3) is 7.86. The topological polar surface area (TPSA) is 106 Å². The van der Waals surface area contributed by atoms with Crippen LogP contribution in [0.5, 0.6) is 0 Å². The van der Waals surface area contributed by atoms with Crippen LogP contribution < -0.4 is 0 Å². The maximum Gasteiger partial charge on any atom is 0.377 e. The van der Waals surface area contributed by atoms with E-state index in [1.54, 1.807) is 42.5 Å². The first-order chi connectivity index (χ1) is 10.6. The van der Waals surface area contributed by atoms with Crippen LogP contribution in [0.4, 0.5) is 0 Å². The van der Waals surface area contributed by atoms with Gasteiger partial charge < -0.3 is 5.11 Å². The fourth-order valence-corrected chi connectivity index (χ4v) is 1.19. The molecule has 1 aromatic rings. The third-order valence-corrected chi connectivity index (χ3v) is 2.11. The number of carbonyl (C=O) groups excluding carboxylic acids is 4. The normalized spacial score (nSPS) is 10.3. The maximum atomic E-state index is 10.7. The van der Waals surface area contributed by atoms with Gasteiger partial charge in [0.15, 0.2) is 6.29 Å². The molecular weight excluding hydrogens is 288 g/mol. The van der Waals surface area contributed by atoms with Gasteiger partial charge in [0.1, 0.15) is 17.7 Å². The average Bonchev–Trinajstić information content (AvgIpc) is 2.57. The molecule has 0 bridgehead atoms. The largest absolute Gasteiger partial charge is 0.475 e. The smallest absolute Gasteiger partial charge is 0.377 e. The molecule has 0 unspecified atom stereocenters. The van der Waals surface area contributed by atoms with Gasteiger partial charge in [0.2, 0.25) is 0 Å². The number of hydrogen-bond donors (Lipinski definition) is 1. The number of rotatable bonds is 3. The average molecular weight is 299 g/mol. The molecular formula is C16H11O6+. The summed E-state index contributed by atoms with van der Waals surface area (Å²) in [5, 5.41) is 8.29. The number of hydrogen-bond acceptors (Lipinski definition) is 5. The summed E-state index contributed by atoms with van der Waals surface area (Å²) in [7, 11) is 0. The van der Waals surface area contributed by atoms with Crippen molar-refractivity contribution in [2.75, 3.05) is 0 Å². The van der Waals surface area contributed by atoms with Crippen LogP contribution in [0.15, 0.2) is 60.2 Å². The zero-order valence-corrected chi connectivity index (χ0v) is 11.3. The molecule has 110 valence electrons. The van der Waals surface area contributed by atoms with Gasteiger partial charge in [-0.1, -0.05) is 30.3 Å². The number of aldehydes is 1. The Bertz CT molecular complexity index is 632. The van der Waals surface area contributed by atoms with Crippen LogP contribution in [0.25, 0.3) is 0 Å². The minimum absolute atomic E-state index is 0.208. The second-order valence-electron chi connectivity index (χ2n) is 3.53. The van der Waals surface area contributed by atoms with E-state index in [-0.39, 0.29) is 11.7 Å². The fourth-order valence-electron chi connectivity index (χ4n) is 1.19. The Morgan fingerprint density at radius 1 is 1.14 bits per heavy atom. The Labute approximate surface area is 126 Å². The highest BCUT2D eigenvalue weighted by atomic mass is 16.4. The van der Waals surface area contributed by atoms with Crippen molar-refractivity contribution in [1.29, 1.82) is 0 Å². The van der Waals surface area contributed by atoms with Crippen LogP contribution in [0.2, 0.25) is 0 Å². The summed E-state index contributed by atoms with van der Waals surface area (Å²) >= 11 is 0. The van der Waals surface area contributed by atoms with Crippen molar-refractivity contribution >= 4 is 24.2 Å². The Morgan fingerprint density at radius 3 is 2.09 bits per heavy atom. The number of carboxylic acid groups (broad SMARTS) is 1. The molecule has 0 amide bonds. The van der Waals surface area contributed by atoms with Gasteiger partial charge in [-0.2, -0.15) is 9.59 Å². The molecule has 1 aliphatic rings. The number of ketones is 1. The van der Waals surface area contributed by atoms with Crippen LogP contribution in [-0.2, 0) is 19.2 Å². The number of Topliss-reactive ketones (excluding diaryl/α,β-unsaturated/α-hetero) is 1. The van der Waals surface area contributed by atoms with Crippen molar-refractivity contribution in [2.45, 2.75) is 0 Å². The highest BCUT2D eigenvalue weighted by Crippen LogP contribution is 1.99. The summed E-state index contributed by atoms with van der Waals surface area (Å²) in [6.45, 7) is 0. The van der Waals surface area contributed by atoms with Gasteiger partial charge in [-0.05, 0) is 0 Å². The van der Waals surface area contributed by atoms with E-state index in [0.29, 0.717) is 5.57 Å². The molecule has 0 saturated heterocycles. The van der Waals surface area contributed by atoms with E-state index in [0.717, 1.165) is 6.29 Å². The minimum atomic E-state index is -1.42. The molecule has 0 atom stereocenters. The molecule has 6 heteroatoms. The monoisotopic (exact) mass is 299 g/mol. The van der Waals surface area contributed by atoms with Gasteiger partial charge in [-0.25, -0.2) is 4.79 Å². The number of carbonyl (C=O) groups is 3. The predicted octanol–water partition coefficient (Wildman–Crippen LogP) is 1.41. The molecule has 0 spiro atoms. The maximum absolute atomic E-state index is 10.7. The summed E-state index contributed by atoms with van der Waals surface area (Å²) in [6.07, 6.45) is 10.7. The lowest BCUT2D eigenvalue weighted by molar-refractivity contribution is -0.191. The second kappa shape index (κ2) is 11.4. The molecule has 1 aliphatic carbocycles. The SMILES string of the molecule is O=C(O)C(=O)c1ccccc1.O=C=O.O=CC1=CC=[C+]C=C1. The molecule has 0 radical (unpaired) electrons. The Hall–Kier alpha value is -3.46. The lowest BCUT2D eigenvalue weighted by atomic mass is 10.1. The zero-order valence-electron chi connectivity index (χ0n) is 11.3. The zero-order chi connectivity index (χ0) is 16.8. The van der Waals surface area contributed by atoms with E-state index in [4.69, 9.17) is 14.7 Å². The van der Waals surface area contributed by atoms with Crippen molar-refractivity contribution in [2.24, 2.45) is 0 Å². The van der Waals surface area contributed by atoms with E-state index in [9.17, 15) is 14.4 Å². The Morgan fingerprint density at radius 2 is 1.73 bits per heavy atom. The molecule has 2 rings (SSSR count). The molecule has 0 aliphatic heterocycles. The number of benzene rings is 1. The van der Waals surface area contributed by atoms with E-state index in [1.165, 1.54) is 12.1 Å². The summed E-state index contributed by atoms with van der Waals surface area (Å²) < 4.78 is 0. The summed E-state index contributed by atoms with van der Waals surface area (Å²) in [6, 6.07) is 7.90. The summed E-state index contributed by atoms with van der Waals surface area (Å²) in [5.41, 5.74) is 0.906. The quantitative estimate of drug-likeness (QED) is 0.391. The molecule has 0 heterocycles. The van der Waals surface area contributed by atoms with Crippen LogP contribution in [0.1, 0.15) is 10.4 Å². The van der Waals surface area contributed by atoms with Crippen LogP contribution in [-0.4, -0.2) is 29.3 Å². The van der Waals surface area contributed by atoms with Crippen molar-refractivity contribution in [1.82, 2.24) is 0 Å². The third-order valence-electron chi connectivity index (χ3n) is 2.11. The number of aliphatic carboxylic acids is 1. The lowest BCUT2D eigenvalue weighted by Gasteiger charge is -1.91. The lowest BCUT2D eigenvalue weighted by Crippen LogP contribution is -2.12. The second-order valence-corrected chi connectivity index (χ2v) is 3.53. The first kappa shape index (κ1) is 18.5. The highest BCUT2D eigenvalue weighted by Gasteiger charge is 2.12.